The second-order valence-corrected chi connectivity index (χ2v) is 8.12. The second-order valence-electron chi connectivity index (χ2n) is 8.12. The van der Waals surface area contributed by atoms with Crippen molar-refractivity contribution < 1.29 is 76.8 Å². The molecule has 0 spiro atoms. The molecule has 2 unspecified atom stereocenters. The number of ether oxygens (including phenoxy) is 1. The third-order valence-electron chi connectivity index (χ3n) is 5.33. The number of hydrogen-bond donors (Lipinski definition) is 2. The Kier molecular flexibility index (Phi) is 7.43. The van der Waals surface area contributed by atoms with E-state index in [1.807, 2.05) is 0 Å². The van der Waals surface area contributed by atoms with Crippen molar-refractivity contribution in [2.24, 2.45) is 11.8 Å². The molecule has 1 aliphatic rings. The van der Waals surface area contributed by atoms with Gasteiger partial charge in [0.05, 0.1) is 0 Å². The van der Waals surface area contributed by atoms with Gasteiger partial charge < -0.3 is 14.9 Å². The highest BCUT2D eigenvalue weighted by Crippen LogP contribution is 2.57. The van der Waals surface area contributed by atoms with Crippen LogP contribution in [0.5, 0.6) is 0 Å². The maximum atomic E-state index is 13.7. The second kappa shape index (κ2) is 8.30. The minimum atomic E-state index is -6.65. The minimum absolute atomic E-state index is 0.483. The molecule has 2 atom stereocenters. The Balaban J connectivity index is 3.69. The highest BCUT2D eigenvalue weighted by molar-refractivity contribution is 5.78. The fourth-order valence-electron chi connectivity index (χ4n) is 3.58. The first kappa shape index (κ1) is 29.5. The van der Waals surface area contributed by atoms with Gasteiger partial charge in [-0.1, -0.05) is 0 Å². The van der Waals surface area contributed by atoms with Gasteiger partial charge in [-0.2, -0.15) is 52.7 Å². The lowest BCUT2D eigenvalue weighted by Crippen LogP contribution is -2.67. The molecular weight excluding hydrogens is 503 g/mol. The predicted molar refractivity (Wildman–Crippen MR) is 80.0 cm³/mol. The van der Waals surface area contributed by atoms with E-state index in [0.717, 1.165) is 0 Å². The van der Waals surface area contributed by atoms with E-state index in [1.54, 1.807) is 0 Å². The molecule has 196 valence electrons. The maximum absolute atomic E-state index is 13.7. The summed E-state index contributed by atoms with van der Waals surface area (Å²) >= 11 is 0. The van der Waals surface area contributed by atoms with E-state index in [4.69, 9.17) is 0 Å². The predicted octanol–water partition coefficient (Wildman–Crippen LogP) is 4.77. The van der Waals surface area contributed by atoms with Gasteiger partial charge in [0, 0.05) is 11.8 Å². The molecule has 1 fully saturated rings. The number of halogens is 13. The minimum Gasteiger partial charge on any atom is -0.460 e. The van der Waals surface area contributed by atoms with Crippen LogP contribution in [0.3, 0.4) is 0 Å². The van der Waals surface area contributed by atoms with Crippen LogP contribution in [0, 0.1) is 11.8 Å². The Hall–Kier alpha value is -1.52. The summed E-state index contributed by atoms with van der Waals surface area (Å²) in [4.78, 5) is 11.6. The number of aliphatic hydroxyl groups is 2. The van der Waals surface area contributed by atoms with Crippen LogP contribution in [0.4, 0.5) is 57.1 Å². The largest absolute Gasteiger partial charge is 0.460 e. The summed E-state index contributed by atoms with van der Waals surface area (Å²) in [6.45, 7) is 0.966. The zero-order valence-electron chi connectivity index (χ0n) is 16.5. The molecule has 17 heteroatoms. The summed E-state index contributed by atoms with van der Waals surface area (Å²) in [5, 5.41) is 19.0. The molecule has 0 saturated heterocycles. The third kappa shape index (κ3) is 5.27. The molecule has 0 aromatic heterocycles. The van der Waals surface area contributed by atoms with Gasteiger partial charge in [0.2, 0.25) is 5.67 Å². The molecule has 0 aromatic carbocycles. The zero-order valence-corrected chi connectivity index (χ0v) is 16.5. The molecule has 0 heterocycles. The highest BCUT2D eigenvalue weighted by Gasteiger charge is 2.78. The lowest BCUT2D eigenvalue weighted by molar-refractivity contribution is -0.405. The molecule has 33 heavy (non-hydrogen) atoms. The van der Waals surface area contributed by atoms with Gasteiger partial charge in [0.1, 0.15) is 6.10 Å². The van der Waals surface area contributed by atoms with Crippen molar-refractivity contribution in [2.45, 2.75) is 80.8 Å². The highest BCUT2D eigenvalue weighted by atomic mass is 19.4. The average molecular weight is 520 g/mol. The summed E-state index contributed by atoms with van der Waals surface area (Å²) in [6, 6.07) is 0. The number of hydrogen-bond acceptors (Lipinski definition) is 4. The molecule has 0 aromatic rings. The fraction of sp³-hybridized carbons (Fsp3) is 0.938. The SMILES string of the molecule is CC(C)(F)C(=O)OC1CC(C(O)(C(F)(F)F)C(F)(F)F)CC(C(O)(C(F)(F)F)C(F)(F)F)C1. The van der Waals surface area contributed by atoms with Crippen molar-refractivity contribution in [3.8, 4) is 0 Å². The van der Waals surface area contributed by atoms with E-state index in [9.17, 15) is 72.1 Å². The van der Waals surface area contributed by atoms with Crippen molar-refractivity contribution >= 4 is 5.97 Å². The normalized spacial score (nSPS) is 24.6. The van der Waals surface area contributed by atoms with Crippen LogP contribution in [-0.2, 0) is 9.53 Å². The molecule has 0 bridgehead atoms. The van der Waals surface area contributed by atoms with Gasteiger partial charge >= 0.3 is 30.7 Å². The van der Waals surface area contributed by atoms with E-state index in [-0.39, 0.29) is 0 Å². The Bertz CT molecular complexity index is 640. The molecule has 4 nitrogen and oxygen atoms in total. The van der Waals surface area contributed by atoms with E-state index in [0.29, 0.717) is 13.8 Å². The number of carbonyl (C=O) groups excluding carboxylic acids is 1. The third-order valence-corrected chi connectivity index (χ3v) is 5.33. The summed E-state index contributed by atoms with van der Waals surface area (Å²) in [5.74, 6) is -9.00. The van der Waals surface area contributed by atoms with Crippen LogP contribution in [0.2, 0.25) is 0 Å². The standard InChI is InChI=1S/C16H17F13O4/c1-10(2,17)9(30)33-8-4-6(11(31,13(18,19)20)14(21,22)23)3-7(5-8)12(32,15(24,25)26)16(27,28)29/h6-8,31-32H,3-5H2,1-2H3. The number of carbonyl (C=O) groups is 1. The Morgan fingerprint density at radius 2 is 0.909 bits per heavy atom. The zero-order chi connectivity index (χ0) is 26.6. The Labute approximate surface area is 176 Å². The molecular formula is C16H17F13O4. The fourth-order valence-corrected chi connectivity index (χ4v) is 3.58. The van der Waals surface area contributed by atoms with E-state index >= 15 is 0 Å². The monoisotopic (exact) mass is 520 g/mol. The maximum Gasteiger partial charge on any atom is 0.426 e. The van der Waals surface area contributed by atoms with Crippen molar-refractivity contribution in [2.75, 3.05) is 0 Å². The molecule has 2 N–H and O–H groups in total. The van der Waals surface area contributed by atoms with Crippen LogP contribution in [0.1, 0.15) is 33.1 Å². The van der Waals surface area contributed by atoms with Gasteiger partial charge in [0.25, 0.3) is 11.2 Å². The molecule has 1 saturated carbocycles. The van der Waals surface area contributed by atoms with E-state index in [2.05, 4.69) is 4.74 Å². The molecule has 0 aliphatic heterocycles. The molecule has 0 amide bonds. The lowest BCUT2D eigenvalue weighted by atomic mass is 9.65. The van der Waals surface area contributed by atoms with Crippen LogP contribution in [-0.4, -0.2) is 63.9 Å². The van der Waals surface area contributed by atoms with Crippen molar-refractivity contribution in [1.82, 2.24) is 0 Å². The van der Waals surface area contributed by atoms with Crippen LogP contribution in [0.25, 0.3) is 0 Å². The van der Waals surface area contributed by atoms with Crippen LogP contribution < -0.4 is 0 Å². The van der Waals surface area contributed by atoms with Crippen molar-refractivity contribution in [3.05, 3.63) is 0 Å². The Morgan fingerprint density at radius 3 is 1.12 bits per heavy atom. The van der Waals surface area contributed by atoms with Gasteiger partial charge in [-0.05, 0) is 33.1 Å². The summed E-state index contributed by atoms with van der Waals surface area (Å²) in [6.07, 6.45) is -34.9. The number of esters is 1. The van der Waals surface area contributed by atoms with Crippen molar-refractivity contribution in [1.29, 1.82) is 0 Å². The number of rotatable bonds is 4. The lowest BCUT2D eigenvalue weighted by Gasteiger charge is -2.48. The summed E-state index contributed by atoms with van der Waals surface area (Å²) in [7, 11) is 0. The van der Waals surface area contributed by atoms with Crippen molar-refractivity contribution in [3.63, 3.8) is 0 Å². The van der Waals surface area contributed by atoms with Gasteiger partial charge in [-0.3, -0.25) is 0 Å². The van der Waals surface area contributed by atoms with Gasteiger partial charge in [-0.15, -0.1) is 0 Å². The first-order chi connectivity index (χ1) is 14.2. The smallest absolute Gasteiger partial charge is 0.426 e. The van der Waals surface area contributed by atoms with Gasteiger partial charge in [-0.25, -0.2) is 9.18 Å². The molecule has 0 radical (unpaired) electrons. The first-order valence-corrected chi connectivity index (χ1v) is 8.82. The quantitative estimate of drug-likeness (QED) is 0.414. The van der Waals surface area contributed by atoms with E-state index < -0.39 is 84.7 Å². The number of alkyl halides is 13. The molecule has 1 aliphatic carbocycles. The summed E-state index contributed by atoms with van der Waals surface area (Å²) in [5.41, 5.74) is -14.7. The van der Waals surface area contributed by atoms with Crippen LogP contribution >= 0.6 is 0 Å². The van der Waals surface area contributed by atoms with Crippen LogP contribution in [0.15, 0.2) is 0 Å². The summed E-state index contributed by atoms with van der Waals surface area (Å²) < 4.78 is 176. The first-order valence-electron chi connectivity index (χ1n) is 8.82. The molecule has 1 rings (SSSR count). The Morgan fingerprint density at radius 1 is 0.636 bits per heavy atom. The average Bonchev–Trinajstić information content (AvgIpc) is 2.54. The topological polar surface area (TPSA) is 66.8 Å². The van der Waals surface area contributed by atoms with E-state index in [1.165, 1.54) is 0 Å². The van der Waals surface area contributed by atoms with Gasteiger partial charge in [0.15, 0.2) is 0 Å².